The molecule has 1 rings (SSSR count). The molecule has 0 aliphatic carbocycles. The predicted octanol–water partition coefficient (Wildman–Crippen LogP) is 0.658. The summed E-state index contributed by atoms with van der Waals surface area (Å²) in [4.78, 5) is 11.4. The Bertz CT molecular complexity index is 207. The Kier molecular flexibility index (Phi) is 5.42. The van der Waals surface area contributed by atoms with E-state index in [4.69, 9.17) is 9.47 Å². The van der Waals surface area contributed by atoms with Crippen molar-refractivity contribution in [2.45, 2.75) is 31.2 Å². The van der Waals surface area contributed by atoms with Crippen LogP contribution in [0.5, 0.6) is 0 Å². The third-order valence-corrected chi connectivity index (χ3v) is 3.40. The lowest BCUT2D eigenvalue weighted by Gasteiger charge is -2.27. The third kappa shape index (κ3) is 4.40. The van der Waals surface area contributed by atoms with E-state index in [1.54, 1.807) is 11.8 Å². The van der Waals surface area contributed by atoms with E-state index in [1.165, 1.54) is 7.11 Å². The van der Waals surface area contributed by atoms with Gasteiger partial charge in [0.15, 0.2) is 0 Å². The summed E-state index contributed by atoms with van der Waals surface area (Å²) in [6.45, 7) is 5.65. The van der Waals surface area contributed by atoms with Gasteiger partial charge in [0, 0.05) is 11.8 Å². The van der Waals surface area contributed by atoms with E-state index in [-0.39, 0.29) is 18.1 Å². The molecule has 0 saturated carbocycles. The molecule has 1 atom stereocenters. The number of thioether (sulfide) groups is 1. The van der Waals surface area contributed by atoms with E-state index >= 15 is 0 Å². The van der Waals surface area contributed by atoms with Crippen LogP contribution in [0.25, 0.3) is 0 Å². The van der Waals surface area contributed by atoms with Crippen LogP contribution in [0, 0.1) is 0 Å². The summed E-state index contributed by atoms with van der Waals surface area (Å²) in [6.07, 6.45) is 0. The number of hydrogen-bond acceptors (Lipinski definition) is 5. The molecule has 0 bridgehead atoms. The average molecular weight is 233 g/mol. The van der Waals surface area contributed by atoms with E-state index in [2.05, 4.69) is 5.32 Å². The molecular formula is C10H19NO3S. The first-order valence-electron chi connectivity index (χ1n) is 5.16. The molecule has 1 saturated heterocycles. The highest BCUT2D eigenvalue weighted by molar-refractivity contribution is 8.00. The fourth-order valence-electron chi connectivity index (χ4n) is 1.27. The van der Waals surface area contributed by atoms with Gasteiger partial charge in [0.05, 0.1) is 25.6 Å². The molecule has 0 aromatic heterocycles. The second kappa shape index (κ2) is 6.35. The van der Waals surface area contributed by atoms with Crippen LogP contribution in [-0.2, 0) is 14.3 Å². The lowest BCUT2D eigenvalue weighted by atomic mass is 10.3. The molecule has 1 aliphatic rings. The monoisotopic (exact) mass is 233 g/mol. The first kappa shape index (κ1) is 12.8. The van der Waals surface area contributed by atoms with Gasteiger partial charge in [-0.3, -0.25) is 4.79 Å². The van der Waals surface area contributed by atoms with Crippen LogP contribution in [0.15, 0.2) is 0 Å². The fourth-order valence-corrected chi connectivity index (χ4v) is 2.35. The highest BCUT2D eigenvalue weighted by Gasteiger charge is 2.24. The van der Waals surface area contributed by atoms with Gasteiger partial charge >= 0.3 is 5.97 Å². The third-order valence-electron chi connectivity index (χ3n) is 2.13. The first-order chi connectivity index (χ1) is 7.13. The van der Waals surface area contributed by atoms with Crippen molar-refractivity contribution < 1.29 is 14.3 Å². The zero-order valence-electron chi connectivity index (χ0n) is 9.49. The van der Waals surface area contributed by atoms with Crippen molar-refractivity contribution in [3.63, 3.8) is 0 Å². The van der Waals surface area contributed by atoms with Gasteiger partial charge in [0.2, 0.25) is 0 Å². The molecular weight excluding hydrogens is 214 g/mol. The Balaban J connectivity index is 2.29. The molecule has 0 aromatic carbocycles. The Morgan fingerprint density at radius 3 is 2.67 bits per heavy atom. The van der Waals surface area contributed by atoms with Crippen LogP contribution < -0.4 is 5.32 Å². The molecule has 1 aliphatic heterocycles. The van der Waals surface area contributed by atoms with Crippen LogP contribution in [0.1, 0.15) is 13.8 Å². The summed E-state index contributed by atoms with van der Waals surface area (Å²) in [7, 11) is 1.43. The van der Waals surface area contributed by atoms with Crippen molar-refractivity contribution in [1.29, 1.82) is 0 Å². The summed E-state index contributed by atoms with van der Waals surface area (Å²) in [5.41, 5.74) is 0. The molecule has 1 N–H and O–H groups in total. The van der Waals surface area contributed by atoms with Gasteiger partial charge in [-0.25, -0.2) is 0 Å². The second-order valence-electron chi connectivity index (χ2n) is 3.89. The Labute approximate surface area is 95.1 Å². The zero-order chi connectivity index (χ0) is 11.3. The maximum atomic E-state index is 11.4. The SMILES string of the molecule is COC(=O)C(CSC1COC1)NC(C)C. The standard InChI is InChI=1S/C10H19NO3S/c1-7(2)11-9(10(12)13-3)6-15-8-4-14-5-8/h7-9,11H,4-6H2,1-3H3. The van der Waals surface area contributed by atoms with E-state index in [9.17, 15) is 4.79 Å². The maximum absolute atomic E-state index is 11.4. The minimum Gasteiger partial charge on any atom is -0.468 e. The molecule has 1 unspecified atom stereocenters. The van der Waals surface area contributed by atoms with Gasteiger partial charge in [-0.15, -0.1) is 0 Å². The average Bonchev–Trinajstić information content (AvgIpc) is 2.12. The zero-order valence-corrected chi connectivity index (χ0v) is 10.3. The number of methoxy groups -OCH3 is 1. The van der Waals surface area contributed by atoms with Crippen molar-refractivity contribution in [2.24, 2.45) is 0 Å². The number of esters is 1. The van der Waals surface area contributed by atoms with Gasteiger partial charge in [0.1, 0.15) is 6.04 Å². The van der Waals surface area contributed by atoms with E-state index in [1.807, 2.05) is 13.8 Å². The van der Waals surface area contributed by atoms with Crippen LogP contribution in [0.4, 0.5) is 0 Å². The van der Waals surface area contributed by atoms with E-state index in [0.717, 1.165) is 19.0 Å². The van der Waals surface area contributed by atoms with Gasteiger partial charge < -0.3 is 14.8 Å². The second-order valence-corrected chi connectivity index (χ2v) is 5.22. The molecule has 1 fully saturated rings. The molecule has 88 valence electrons. The minimum atomic E-state index is -0.208. The minimum absolute atomic E-state index is 0.184. The number of hydrogen-bond donors (Lipinski definition) is 1. The van der Waals surface area contributed by atoms with Gasteiger partial charge in [0.25, 0.3) is 0 Å². The van der Waals surface area contributed by atoms with Gasteiger partial charge in [-0.1, -0.05) is 13.8 Å². The molecule has 0 spiro atoms. The molecule has 0 amide bonds. The maximum Gasteiger partial charge on any atom is 0.323 e. The van der Waals surface area contributed by atoms with Gasteiger partial charge in [-0.2, -0.15) is 11.8 Å². The predicted molar refractivity (Wildman–Crippen MR) is 61.1 cm³/mol. The van der Waals surface area contributed by atoms with Crippen molar-refractivity contribution in [2.75, 3.05) is 26.1 Å². The highest BCUT2D eigenvalue weighted by atomic mass is 32.2. The number of carbonyl (C=O) groups is 1. The van der Waals surface area contributed by atoms with Crippen LogP contribution in [-0.4, -0.2) is 49.4 Å². The normalized spacial score (nSPS) is 18.7. The Hall–Kier alpha value is -0.260. The fraction of sp³-hybridized carbons (Fsp3) is 0.900. The lowest BCUT2D eigenvalue weighted by Crippen LogP contribution is -2.44. The van der Waals surface area contributed by atoms with Crippen molar-refractivity contribution in [3.05, 3.63) is 0 Å². The topological polar surface area (TPSA) is 47.6 Å². The lowest BCUT2D eigenvalue weighted by molar-refractivity contribution is -0.142. The molecule has 0 radical (unpaired) electrons. The summed E-state index contributed by atoms with van der Waals surface area (Å²) < 4.78 is 9.83. The Morgan fingerprint density at radius 2 is 2.27 bits per heavy atom. The molecule has 4 nitrogen and oxygen atoms in total. The van der Waals surface area contributed by atoms with Crippen LogP contribution in [0.2, 0.25) is 0 Å². The molecule has 0 aromatic rings. The largest absolute Gasteiger partial charge is 0.468 e. The quantitative estimate of drug-likeness (QED) is 0.683. The summed E-state index contributed by atoms with van der Waals surface area (Å²) in [6, 6.07) is 0.0768. The van der Waals surface area contributed by atoms with Crippen molar-refractivity contribution in [3.8, 4) is 0 Å². The first-order valence-corrected chi connectivity index (χ1v) is 6.21. The summed E-state index contributed by atoms with van der Waals surface area (Å²) in [5, 5.41) is 3.75. The van der Waals surface area contributed by atoms with Crippen molar-refractivity contribution >= 4 is 17.7 Å². The summed E-state index contributed by atoms with van der Waals surface area (Å²) >= 11 is 1.77. The van der Waals surface area contributed by atoms with Crippen LogP contribution >= 0.6 is 11.8 Å². The van der Waals surface area contributed by atoms with Gasteiger partial charge in [-0.05, 0) is 0 Å². The molecule has 1 heterocycles. The smallest absolute Gasteiger partial charge is 0.323 e. The van der Waals surface area contributed by atoms with E-state index in [0.29, 0.717) is 5.25 Å². The summed E-state index contributed by atoms with van der Waals surface area (Å²) in [5.74, 6) is 0.565. The molecule has 15 heavy (non-hydrogen) atoms. The van der Waals surface area contributed by atoms with E-state index < -0.39 is 0 Å². The number of carbonyl (C=O) groups excluding carboxylic acids is 1. The van der Waals surface area contributed by atoms with Crippen molar-refractivity contribution in [1.82, 2.24) is 5.32 Å². The van der Waals surface area contributed by atoms with Crippen LogP contribution in [0.3, 0.4) is 0 Å². The number of nitrogens with one attached hydrogen (secondary N) is 1. The highest BCUT2D eigenvalue weighted by Crippen LogP contribution is 2.20. The Morgan fingerprint density at radius 1 is 1.60 bits per heavy atom. The number of ether oxygens (including phenoxy) is 2. The number of rotatable bonds is 6. The molecule has 5 heteroatoms.